The van der Waals surface area contributed by atoms with Crippen LogP contribution in [0.3, 0.4) is 0 Å². The van der Waals surface area contributed by atoms with Crippen molar-refractivity contribution in [1.29, 1.82) is 0 Å². The van der Waals surface area contributed by atoms with E-state index in [0.29, 0.717) is 28.7 Å². The van der Waals surface area contributed by atoms with E-state index in [-0.39, 0.29) is 0 Å². The highest BCUT2D eigenvalue weighted by molar-refractivity contribution is 7.15. The number of aromatic nitrogens is 3. The molecule has 6 nitrogen and oxygen atoms in total. The summed E-state index contributed by atoms with van der Waals surface area (Å²) in [5.74, 6) is 0.0312. The molecule has 17 heavy (non-hydrogen) atoms. The Hall–Kier alpha value is -1.89. The van der Waals surface area contributed by atoms with Gasteiger partial charge in [-0.05, 0) is 13.8 Å². The molecule has 0 saturated heterocycles. The molecular weight excluding hydrogens is 240 g/mol. The fourth-order valence-corrected chi connectivity index (χ4v) is 2.29. The zero-order chi connectivity index (χ0) is 12.4. The number of aryl methyl sites for hydroxylation is 1. The number of anilines is 1. The molecule has 0 saturated carbocycles. The minimum atomic E-state index is -0.408. The van der Waals surface area contributed by atoms with Gasteiger partial charge in [-0.15, -0.1) is 11.3 Å². The van der Waals surface area contributed by atoms with Crippen molar-refractivity contribution in [2.75, 3.05) is 12.3 Å². The standard InChI is InChI=1S/C10H12N4O2S/c1-3-16-10(15)7-5(2)17-9(13-7)6-4-12-14-8(6)11/h4H,3H2,1-2H3,(H3,11,12,14). The van der Waals surface area contributed by atoms with E-state index in [1.54, 1.807) is 13.1 Å². The van der Waals surface area contributed by atoms with Crippen molar-refractivity contribution < 1.29 is 9.53 Å². The van der Waals surface area contributed by atoms with Gasteiger partial charge in [-0.1, -0.05) is 0 Å². The minimum Gasteiger partial charge on any atom is -0.461 e. The predicted molar refractivity (Wildman–Crippen MR) is 64.8 cm³/mol. The van der Waals surface area contributed by atoms with Crippen LogP contribution >= 0.6 is 11.3 Å². The highest BCUT2D eigenvalue weighted by atomic mass is 32.1. The number of carbonyl (C=O) groups is 1. The van der Waals surface area contributed by atoms with Gasteiger partial charge in [0.2, 0.25) is 0 Å². The smallest absolute Gasteiger partial charge is 0.358 e. The lowest BCUT2D eigenvalue weighted by Gasteiger charge is -1.97. The van der Waals surface area contributed by atoms with Crippen LogP contribution < -0.4 is 5.73 Å². The maximum Gasteiger partial charge on any atom is 0.358 e. The molecular formula is C10H12N4O2S. The van der Waals surface area contributed by atoms with Gasteiger partial charge in [-0.3, -0.25) is 5.10 Å². The summed E-state index contributed by atoms with van der Waals surface area (Å²) in [6, 6.07) is 0. The number of nitrogens with zero attached hydrogens (tertiary/aromatic N) is 2. The molecule has 0 amide bonds. The molecule has 0 unspecified atom stereocenters. The van der Waals surface area contributed by atoms with E-state index in [1.165, 1.54) is 11.3 Å². The SMILES string of the molecule is CCOC(=O)c1nc(-c2cn[nH]c2N)sc1C. The van der Waals surface area contributed by atoms with Gasteiger partial charge in [0.05, 0.1) is 18.4 Å². The number of nitrogens with two attached hydrogens (primary N) is 1. The molecule has 7 heteroatoms. The van der Waals surface area contributed by atoms with Crippen molar-refractivity contribution >= 4 is 23.1 Å². The lowest BCUT2D eigenvalue weighted by atomic mass is 10.3. The number of hydrogen-bond acceptors (Lipinski definition) is 6. The molecule has 0 aliphatic carbocycles. The van der Waals surface area contributed by atoms with Gasteiger partial charge < -0.3 is 10.5 Å². The van der Waals surface area contributed by atoms with E-state index in [4.69, 9.17) is 10.5 Å². The average Bonchev–Trinajstić information content (AvgIpc) is 2.84. The Bertz CT molecular complexity index is 546. The van der Waals surface area contributed by atoms with E-state index in [2.05, 4.69) is 15.2 Å². The van der Waals surface area contributed by atoms with E-state index >= 15 is 0 Å². The van der Waals surface area contributed by atoms with Crippen LogP contribution in [-0.2, 0) is 4.74 Å². The van der Waals surface area contributed by atoms with Crippen LogP contribution in [-0.4, -0.2) is 27.8 Å². The first-order chi connectivity index (χ1) is 8.13. The summed E-state index contributed by atoms with van der Waals surface area (Å²) in [6.45, 7) is 3.91. The first-order valence-corrected chi connectivity index (χ1v) is 5.89. The summed E-state index contributed by atoms with van der Waals surface area (Å²) in [6.07, 6.45) is 1.59. The number of carbonyl (C=O) groups excluding carboxylic acids is 1. The van der Waals surface area contributed by atoms with Crippen LogP contribution in [0.25, 0.3) is 10.6 Å². The van der Waals surface area contributed by atoms with Gasteiger partial charge in [-0.25, -0.2) is 9.78 Å². The lowest BCUT2D eigenvalue weighted by molar-refractivity contribution is 0.0519. The normalized spacial score (nSPS) is 10.5. The molecule has 0 spiro atoms. The maximum atomic E-state index is 11.6. The maximum absolute atomic E-state index is 11.6. The number of ether oxygens (including phenoxy) is 1. The van der Waals surface area contributed by atoms with Crippen LogP contribution in [0.2, 0.25) is 0 Å². The monoisotopic (exact) mass is 252 g/mol. The highest BCUT2D eigenvalue weighted by Gasteiger charge is 2.18. The van der Waals surface area contributed by atoms with Gasteiger partial charge in [-0.2, -0.15) is 5.10 Å². The number of hydrogen-bond donors (Lipinski definition) is 2. The van der Waals surface area contributed by atoms with Crippen molar-refractivity contribution in [3.63, 3.8) is 0 Å². The van der Waals surface area contributed by atoms with Gasteiger partial charge >= 0.3 is 5.97 Å². The number of aromatic amines is 1. The molecule has 90 valence electrons. The molecule has 2 heterocycles. The second-order valence-electron chi connectivity index (χ2n) is 3.34. The van der Waals surface area contributed by atoms with E-state index in [9.17, 15) is 4.79 Å². The first kappa shape index (κ1) is 11.6. The van der Waals surface area contributed by atoms with E-state index in [1.807, 2.05) is 6.92 Å². The van der Waals surface area contributed by atoms with E-state index < -0.39 is 5.97 Å². The van der Waals surface area contributed by atoms with Crippen molar-refractivity contribution in [3.8, 4) is 10.6 Å². The molecule has 2 aromatic heterocycles. The summed E-state index contributed by atoms with van der Waals surface area (Å²) in [5.41, 5.74) is 6.74. The topological polar surface area (TPSA) is 93.9 Å². The lowest BCUT2D eigenvalue weighted by Crippen LogP contribution is -2.06. The number of esters is 1. The Labute approximate surface area is 102 Å². The summed E-state index contributed by atoms with van der Waals surface area (Å²) in [4.78, 5) is 16.6. The molecule has 0 aliphatic rings. The number of H-pyrrole nitrogens is 1. The minimum absolute atomic E-state index is 0.332. The first-order valence-electron chi connectivity index (χ1n) is 5.07. The van der Waals surface area contributed by atoms with E-state index in [0.717, 1.165) is 4.88 Å². The largest absolute Gasteiger partial charge is 0.461 e. The second-order valence-corrected chi connectivity index (χ2v) is 4.54. The van der Waals surface area contributed by atoms with Gasteiger partial charge in [0.25, 0.3) is 0 Å². The molecule has 0 bridgehead atoms. The molecule has 2 rings (SSSR count). The number of thiazole rings is 1. The third-order valence-corrected chi connectivity index (χ3v) is 3.17. The van der Waals surface area contributed by atoms with Crippen LogP contribution in [0.4, 0.5) is 5.82 Å². The molecule has 0 radical (unpaired) electrons. The Morgan fingerprint density at radius 1 is 1.65 bits per heavy atom. The van der Waals surface area contributed by atoms with Crippen LogP contribution in [0.15, 0.2) is 6.20 Å². The molecule has 2 aromatic rings. The van der Waals surface area contributed by atoms with Crippen molar-refractivity contribution in [2.45, 2.75) is 13.8 Å². The number of nitrogens with one attached hydrogen (secondary N) is 1. The Morgan fingerprint density at radius 2 is 2.41 bits per heavy atom. The van der Waals surface area contributed by atoms with Crippen molar-refractivity contribution in [2.24, 2.45) is 0 Å². The van der Waals surface area contributed by atoms with Crippen LogP contribution in [0.1, 0.15) is 22.3 Å². The fourth-order valence-electron chi connectivity index (χ4n) is 1.37. The number of nitrogen functional groups attached to an aromatic ring is 1. The third-order valence-electron chi connectivity index (χ3n) is 2.16. The molecule has 3 N–H and O–H groups in total. The predicted octanol–water partition coefficient (Wildman–Crippen LogP) is 1.60. The fraction of sp³-hybridized carbons (Fsp3) is 0.300. The third kappa shape index (κ3) is 2.14. The summed E-state index contributed by atoms with van der Waals surface area (Å²) in [5, 5.41) is 7.11. The zero-order valence-electron chi connectivity index (χ0n) is 9.48. The molecule has 0 fully saturated rings. The van der Waals surface area contributed by atoms with Crippen molar-refractivity contribution in [1.82, 2.24) is 15.2 Å². The average molecular weight is 252 g/mol. The van der Waals surface area contributed by atoms with Crippen LogP contribution in [0, 0.1) is 6.92 Å². The highest BCUT2D eigenvalue weighted by Crippen LogP contribution is 2.30. The summed E-state index contributed by atoms with van der Waals surface area (Å²) in [7, 11) is 0. The van der Waals surface area contributed by atoms with Gasteiger partial charge in [0.1, 0.15) is 10.8 Å². The Morgan fingerprint density at radius 3 is 3.00 bits per heavy atom. The van der Waals surface area contributed by atoms with Gasteiger partial charge in [0, 0.05) is 4.88 Å². The number of rotatable bonds is 3. The van der Waals surface area contributed by atoms with Crippen molar-refractivity contribution in [3.05, 3.63) is 16.8 Å². The Kier molecular flexibility index (Phi) is 3.10. The quantitative estimate of drug-likeness (QED) is 0.809. The van der Waals surface area contributed by atoms with Crippen LogP contribution in [0.5, 0.6) is 0 Å². The molecule has 0 atom stereocenters. The molecule has 0 aromatic carbocycles. The van der Waals surface area contributed by atoms with Gasteiger partial charge in [0.15, 0.2) is 5.69 Å². The molecule has 0 aliphatic heterocycles. The zero-order valence-corrected chi connectivity index (χ0v) is 10.3. The second kappa shape index (κ2) is 4.54. The summed E-state index contributed by atoms with van der Waals surface area (Å²) >= 11 is 1.39. The Balaban J connectivity index is 2.37. The summed E-state index contributed by atoms with van der Waals surface area (Å²) < 4.78 is 4.92.